The Morgan fingerprint density at radius 2 is 2.12 bits per heavy atom. The van der Waals surface area contributed by atoms with Crippen molar-refractivity contribution in [2.24, 2.45) is 13.0 Å². The molecule has 128 valence electrons. The van der Waals surface area contributed by atoms with E-state index >= 15 is 0 Å². The Kier molecular flexibility index (Phi) is 3.87. The summed E-state index contributed by atoms with van der Waals surface area (Å²) in [5.41, 5.74) is 3.56. The van der Waals surface area contributed by atoms with Crippen molar-refractivity contribution in [3.05, 3.63) is 42.7 Å². The third-order valence-corrected chi connectivity index (χ3v) is 4.70. The second-order valence-corrected chi connectivity index (χ2v) is 6.49. The Labute approximate surface area is 145 Å². The molecule has 0 aliphatic carbocycles. The number of carbonyl (C=O) groups is 1. The number of benzene rings is 1. The van der Waals surface area contributed by atoms with Gasteiger partial charge in [0.05, 0.1) is 17.5 Å². The fraction of sp³-hybridized carbons (Fsp3) is 0.316. The molecule has 1 fully saturated rings. The van der Waals surface area contributed by atoms with Gasteiger partial charge in [0.15, 0.2) is 0 Å². The molecule has 4 rings (SSSR count). The van der Waals surface area contributed by atoms with E-state index in [2.05, 4.69) is 10.3 Å². The zero-order valence-corrected chi connectivity index (χ0v) is 14.3. The summed E-state index contributed by atoms with van der Waals surface area (Å²) < 4.78 is 8.11. The molecular weight excluding hydrogens is 316 g/mol. The summed E-state index contributed by atoms with van der Waals surface area (Å²) in [6.45, 7) is 2.64. The van der Waals surface area contributed by atoms with Crippen LogP contribution in [0.4, 0.5) is 0 Å². The topological polar surface area (TPSA) is 69.0 Å². The molecule has 0 spiro atoms. The Bertz CT molecular complexity index is 920. The molecule has 25 heavy (non-hydrogen) atoms. The quantitative estimate of drug-likeness (QED) is 0.795. The highest BCUT2D eigenvalue weighted by Gasteiger charge is 2.29. The number of aromatic nitrogens is 3. The number of pyridine rings is 1. The van der Waals surface area contributed by atoms with Crippen molar-refractivity contribution in [1.82, 2.24) is 19.9 Å². The minimum atomic E-state index is -0.115. The van der Waals surface area contributed by atoms with Gasteiger partial charge in [-0.3, -0.25) is 4.79 Å². The van der Waals surface area contributed by atoms with Crippen LogP contribution in [0.1, 0.15) is 13.3 Å². The summed E-state index contributed by atoms with van der Waals surface area (Å²) in [6.07, 6.45) is 2.14. The van der Waals surface area contributed by atoms with Crippen LogP contribution in [0.25, 0.3) is 22.3 Å². The van der Waals surface area contributed by atoms with Crippen molar-refractivity contribution in [1.29, 1.82) is 0 Å². The summed E-state index contributed by atoms with van der Waals surface area (Å²) in [5.74, 6) is 0.790. The second-order valence-electron chi connectivity index (χ2n) is 6.49. The fourth-order valence-electron chi connectivity index (χ4n) is 3.21. The van der Waals surface area contributed by atoms with Crippen LogP contribution >= 0.6 is 0 Å². The third kappa shape index (κ3) is 2.95. The lowest BCUT2D eigenvalue weighted by Gasteiger charge is -2.20. The molecule has 6 nitrogen and oxygen atoms in total. The Morgan fingerprint density at radius 1 is 1.32 bits per heavy atom. The SMILES string of the molecule is CC(Oc1nc(-c2ccccc2)cc2ncn(C)c12)C1CNC(=O)C1. The van der Waals surface area contributed by atoms with Crippen molar-refractivity contribution < 1.29 is 9.53 Å². The Morgan fingerprint density at radius 3 is 2.84 bits per heavy atom. The molecule has 1 saturated heterocycles. The predicted octanol–water partition coefficient (Wildman–Crippen LogP) is 2.54. The molecule has 6 heteroatoms. The number of amides is 1. The number of fused-ring (bicyclic) bond motifs is 1. The van der Waals surface area contributed by atoms with Crippen LogP contribution in [-0.2, 0) is 11.8 Å². The largest absolute Gasteiger partial charge is 0.473 e. The summed E-state index contributed by atoms with van der Waals surface area (Å²) in [6, 6.07) is 12.0. The molecule has 2 atom stereocenters. The van der Waals surface area contributed by atoms with Gasteiger partial charge in [-0.1, -0.05) is 30.3 Å². The lowest BCUT2D eigenvalue weighted by molar-refractivity contribution is -0.119. The monoisotopic (exact) mass is 336 g/mol. The highest BCUT2D eigenvalue weighted by Crippen LogP contribution is 2.30. The first kappa shape index (κ1) is 15.6. The molecule has 2 aromatic heterocycles. The van der Waals surface area contributed by atoms with E-state index in [0.717, 1.165) is 22.3 Å². The van der Waals surface area contributed by atoms with Crippen LogP contribution in [-0.4, -0.2) is 33.1 Å². The van der Waals surface area contributed by atoms with Gasteiger partial charge in [-0.25, -0.2) is 9.97 Å². The lowest BCUT2D eigenvalue weighted by atomic mass is 10.0. The number of hydrogen-bond donors (Lipinski definition) is 1. The average Bonchev–Trinajstić information content (AvgIpc) is 3.22. The molecule has 3 heterocycles. The standard InChI is InChI=1S/C19H20N4O2/c1-12(14-8-17(24)20-10-14)25-19-18-16(21-11-23(18)2)9-15(22-19)13-6-4-3-5-7-13/h3-7,9,11-12,14H,8,10H2,1-2H3,(H,20,24). The third-order valence-electron chi connectivity index (χ3n) is 4.70. The van der Waals surface area contributed by atoms with E-state index in [1.54, 1.807) is 6.33 Å². The normalized spacial score (nSPS) is 18.3. The number of imidazole rings is 1. The molecule has 1 aliphatic heterocycles. The first-order valence-corrected chi connectivity index (χ1v) is 8.42. The van der Waals surface area contributed by atoms with Crippen molar-refractivity contribution in [2.75, 3.05) is 6.54 Å². The highest BCUT2D eigenvalue weighted by atomic mass is 16.5. The van der Waals surface area contributed by atoms with Crippen LogP contribution in [0.2, 0.25) is 0 Å². The smallest absolute Gasteiger partial charge is 0.241 e. The van der Waals surface area contributed by atoms with Crippen LogP contribution in [0.3, 0.4) is 0 Å². The van der Waals surface area contributed by atoms with E-state index in [9.17, 15) is 4.79 Å². The van der Waals surface area contributed by atoms with Gasteiger partial charge in [-0.15, -0.1) is 0 Å². The first-order valence-electron chi connectivity index (χ1n) is 8.42. The summed E-state index contributed by atoms with van der Waals surface area (Å²) in [7, 11) is 1.93. The maximum absolute atomic E-state index is 11.5. The van der Waals surface area contributed by atoms with Crippen molar-refractivity contribution in [3.63, 3.8) is 0 Å². The molecule has 0 saturated carbocycles. The zero-order chi connectivity index (χ0) is 17.4. The molecule has 0 radical (unpaired) electrons. The minimum absolute atomic E-state index is 0.0807. The van der Waals surface area contributed by atoms with Crippen molar-refractivity contribution >= 4 is 16.9 Å². The molecule has 1 N–H and O–H groups in total. The first-order chi connectivity index (χ1) is 12.1. The number of nitrogens with one attached hydrogen (secondary N) is 1. The van der Waals surface area contributed by atoms with Gasteiger partial charge in [0.1, 0.15) is 11.6 Å². The predicted molar refractivity (Wildman–Crippen MR) is 95.2 cm³/mol. The number of hydrogen-bond acceptors (Lipinski definition) is 4. The van der Waals surface area contributed by atoms with Gasteiger partial charge in [0.25, 0.3) is 0 Å². The van der Waals surface area contributed by atoms with Crippen molar-refractivity contribution in [3.8, 4) is 17.1 Å². The number of nitrogens with zero attached hydrogens (tertiary/aromatic N) is 3. The molecule has 0 bridgehead atoms. The Balaban J connectivity index is 1.73. The van der Waals surface area contributed by atoms with Crippen LogP contribution in [0, 0.1) is 5.92 Å². The highest BCUT2D eigenvalue weighted by molar-refractivity contribution is 5.84. The number of aryl methyl sites for hydroxylation is 1. The van der Waals surface area contributed by atoms with Gasteiger partial charge in [0, 0.05) is 31.5 Å². The Hall–Kier alpha value is -2.89. The maximum Gasteiger partial charge on any atom is 0.241 e. The van der Waals surface area contributed by atoms with Crippen LogP contribution in [0.15, 0.2) is 42.7 Å². The average molecular weight is 336 g/mol. The lowest BCUT2D eigenvalue weighted by Crippen LogP contribution is -2.26. The second kappa shape index (κ2) is 6.20. The van der Waals surface area contributed by atoms with Gasteiger partial charge < -0.3 is 14.6 Å². The van der Waals surface area contributed by atoms with Gasteiger partial charge in [0.2, 0.25) is 11.8 Å². The van der Waals surface area contributed by atoms with Gasteiger partial charge in [-0.2, -0.15) is 0 Å². The number of ether oxygens (including phenoxy) is 1. The maximum atomic E-state index is 11.5. The summed E-state index contributed by atoms with van der Waals surface area (Å²) >= 11 is 0. The van der Waals surface area contributed by atoms with E-state index in [1.807, 2.05) is 54.9 Å². The van der Waals surface area contributed by atoms with E-state index in [0.29, 0.717) is 18.8 Å². The van der Waals surface area contributed by atoms with E-state index in [4.69, 9.17) is 9.72 Å². The van der Waals surface area contributed by atoms with E-state index in [-0.39, 0.29) is 17.9 Å². The molecule has 3 aromatic rings. The zero-order valence-electron chi connectivity index (χ0n) is 14.3. The van der Waals surface area contributed by atoms with Crippen LogP contribution in [0.5, 0.6) is 5.88 Å². The van der Waals surface area contributed by atoms with Crippen LogP contribution < -0.4 is 10.1 Å². The number of carbonyl (C=O) groups excluding carboxylic acids is 1. The molecule has 2 unspecified atom stereocenters. The summed E-state index contributed by atoms with van der Waals surface area (Å²) in [4.78, 5) is 20.7. The van der Waals surface area contributed by atoms with E-state index in [1.165, 1.54) is 0 Å². The number of rotatable bonds is 4. The molecular formula is C19H20N4O2. The minimum Gasteiger partial charge on any atom is -0.473 e. The van der Waals surface area contributed by atoms with Gasteiger partial charge >= 0.3 is 0 Å². The molecule has 1 aromatic carbocycles. The molecule has 1 amide bonds. The summed E-state index contributed by atoms with van der Waals surface area (Å²) in [5, 5.41) is 2.86. The van der Waals surface area contributed by atoms with Crippen molar-refractivity contribution in [2.45, 2.75) is 19.4 Å². The van der Waals surface area contributed by atoms with Gasteiger partial charge in [-0.05, 0) is 13.0 Å². The van der Waals surface area contributed by atoms with E-state index < -0.39 is 0 Å². The fourth-order valence-corrected chi connectivity index (χ4v) is 3.21. The molecule has 1 aliphatic rings.